The van der Waals surface area contributed by atoms with Crippen molar-refractivity contribution in [3.63, 3.8) is 0 Å². The molecule has 0 N–H and O–H groups in total. The third-order valence-electron chi connectivity index (χ3n) is 1.23. The number of rotatable bonds is 0. The summed E-state index contributed by atoms with van der Waals surface area (Å²) in [4.78, 5) is 0. The number of hydrogen-bond acceptors (Lipinski definition) is 1. The van der Waals surface area contributed by atoms with Crippen LogP contribution in [0.3, 0.4) is 0 Å². The van der Waals surface area contributed by atoms with E-state index in [1.807, 2.05) is 6.07 Å². The molecule has 0 unspecified atom stereocenters. The average Bonchev–Trinajstić information content (AvgIpc) is 2.08. The zero-order valence-electron chi connectivity index (χ0n) is 6.43. The summed E-state index contributed by atoms with van der Waals surface area (Å²) in [5.41, 5.74) is 1.21. The third kappa shape index (κ3) is 2.24. The van der Waals surface area contributed by atoms with Crippen LogP contribution in [0.2, 0.25) is 0 Å². The molecule has 1 rings (SSSR count). The minimum absolute atomic E-state index is 0. The number of nitrogens with zero attached hydrogens (tertiary/aromatic N) is 2. The Balaban J connectivity index is 0.000000810. The minimum Gasteiger partial charge on any atom is -0.579 e. The Hall–Kier alpha value is -0.128. The fourth-order valence-corrected chi connectivity index (χ4v) is 0.633. The van der Waals surface area contributed by atoms with E-state index in [1.54, 1.807) is 6.20 Å². The maximum atomic E-state index is 3.94. The normalized spacial score (nSPS) is 10.7. The largest absolute Gasteiger partial charge is 0.579 e. The van der Waals surface area contributed by atoms with Crippen molar-refractivity contribution in [2.45, 2.75) is 26.2 Å². The van der Waals surface area contributed by atoms with E-state index in [-0.39, 0.29) is 25.8 Å². The van der Waals surface area contributed by atoms with Crippen LogP contribution in [-0.4, -0.2) is 5.10 Å². The van der Waals surface area contributed by atoms with Crippen molar-refractivity contribution in [2.24, 2.45) is 0 Å². The van der Waals surface area contributed by atoms with Gasteiger partial charge in [0.1, 0.15) is 0 Å². The van der Waals surface area contributed by atoms with Gasteiger partial charge in [-0.2, -0.15) is 0 Å². The van der Waals surface area contributed by atoms with Crippen molar-refractivity contribution in [3.05, 3.63) is 18.0 Å². The van der Waals surface area contributed by atoms with Gasteiger partial charge in [0.25, 0.3) is 0 Å². The van der Waals surface area contributed by atoms with Crippen LogP contribution in [0.4, 0.5) is 0 Å². The SMILES string of the molecule is CC(C)(C)c1ccn[n-]1.[Re]. The molecule has 0 aliphatic carbocycles. The van der Waals surface area contributed by atoms with E-state index in [2.05, 4.69) is 31.0 Å². The average molecular weight is 309 g/mol. The predicted molar refractivity (Wildman–Crippen MR) is 36.3 cm³/mol. The maximum absolute atomic E-state index is 3.94. The Kier molecular flexibility index (Phi) is 3.28. The zero-order chi connectivity index (χ0) is 6.91. The van der Waals surface area contributed by atoms with Gasteiger partial charge in [0, 0.05) is 26.6 Å². The Labute approximate surface area is 75.1 Å². The summed E-state index contributed by atoms with van der Waals surface area (Å²) < 4.78 is 0. The van der Waals surface area contributed by atoms with Gasteiger partial charge in [0.2, 0.25) is 0 Å². The van der Waals surface area contributed by atoms with E-state index in [0.29, 0.717) is 0 Å². The molecule has 2 nitrogen and oxygen atoms in total. The molecule has 0 saturated carbocycles. The summed E-state index contributed by atoms with van der Waals surface area (Å²) in [7, 11) is 0. The summed E-state index contributed by atoms with van der Waals surface area (Å²) >= 11 is 0. The second-order valence-electron chi connectivity index (χ2n) is 3.17. The van der Waals surface area contributed by atoms with Crippen molar-refractivity contribution in [1.82, 2.24) is 10.2 Å². The molecule has 0 saturated heterocycles. The Morgan fingerprint density at radius 3 is 2.20 bits per heavy atom. The topological polar surface area (TPSA) is 27.0 Å². The summed E-state index contributed by atoms with van der Waals surface area (Å²) in [5, 5.41) is 7.68. The molecule has 0 amide bonds. The van der Waals surface area contributed by atoms with Crippen LogP contribution in [0.25, 0.3) is 0 Å². The summed E-state index contributed by atoms with van der Waals surface area (Å²) in [6, 6.07) is 1.94. The van der Waals surface area contributed by atoms with Crippen molar-refractivity contribution in [3.8, 4) is 0 Å². The van der Waals surface area contributed by atoms with Gasteiger partial charge in [-0.05, 0) is 5.41 Å². The van der Waals surface area contributed by atoms with Gasteiger partial charge in [-0.25, -0.2) is 0 Å². The smallest absolute Gasteiger partial charge is 0.00224 e. The summed E-state index contributed by atoms with van der Waals surface area (Å²) in [6.07, 6.45) is 1.72. The number of aromatic nitrogens is 2. The first-order chi connectivity index (χ1) is 4.11. The summed E-state index contributed by atoms with van der Waals surface area (Å²) in [5.74, 6) is 0. The van der Waals surface area contributed by atoms with Crippen molar-refractivity contribution < 1.29 is 20.4 Å². The Morgan fingerprint density at radius 2 is 2.00 bits per heavy atom. The van der Waals surface area contributed by atoms with Crippen LogP contribution in [0.5, 0.6) is 0 Å². The van der Waals surface area contributed by atoms with Crippen LogP contribution < -0.4 is 5.10 Å². The number of hydrogen-bond donors (Lipinski definition) is 0. The molecule has 1 aromatic heterocycles. The van der Waals surface area contributed by atoms with Crippen molar-refractivity contribution in [1.29, 1.82) is 0 Å². The van der Waals surface area contributed by atoms with E-state index in [1.165, 1.54) is 0 Å². The minimum atomic E-state index is 0. The first kappa shape index (κ1) is 9.87. The predicted octanol–water partition coefficient (Wildman–Crippen LogP) is 1.33. The molecule has 10 heavy (non-hydrogen) atoms. The van der Waals surface area contributed by atoms with Gasteiger partial charge in [0.15, 0.2) is 0 Å². The molecule has 57 valence electrons. The molecule has 1 heterocycles. The van der Waals surface area contributed by atoms with Gasteiger partial charge >= 0.3 is 0 Å². The summed E-state index contributed by atoms with van der Waals surface area (Å²) in [6.45, 7) is 6.37. The van der Waals surface area contributed by atoms with Crippen LogP contribution >= 0.6 is 0 Å². The zero-order valence-corrected chi connectivity index (χ0v) is 9.14. The van der Waals surface area contributed by atoms with Crippen LogP contribution in [0.1, 0.15) is 26.5 Å². The molecule has 0 aromatic carbocycles. The van der Waals surface area contributed by atoms with Crippen molar-refractivity contribution >= 4 is 0 Å². The standard InChI is InChI=1S/C7H11N2.Re/c1-7(2,3)6-4-5-8-9-6;/h4-5H,1-3H3;/q-1;. The van der Waals surface area contributed by atoms with E-state index >= 15 is 0 Å². The Morgan fingerprint density at radius 1 is 1.40 bits per heavy atom. The van der Waals surface area contributed by atoms with Gasteiger partial charge in [-0.3, -0.25) is 0 Å². The van der Waals surface area contributed by atoms with E-state index in [4.69, 9.17) is 0 Å². The van der Waals surface area contributed by atoms with Gasteiger partial charge in [-0.15, -0.1) is 5.69 Å². The fraction of sp³-hybridized carbons (Fsp3) is 0.571. The molecule has 1 radical (unpaired) electrons. The molecule has 3 heteroatoms. The molecule has 0 atom stereocenters. The van der Waals surface area contributed by atoms with E-state index in [0.717, 1.165) is 5.69 Å². The van der Waals surface area contributed by atoms with Gasteiger partial charge < -0.3 is 10.2 Å². The first-order valence-corrected chi connectivity index (χ1v) is 3.05. The van der Waals surface area contributed by atoms with Crippen LogP contribution in [-0.2, 0) is 25.8 Å². The van der Waals surface area contributed by atoms with E-state index in [9.17, 15) is 0 Å². The Bertz CT molecular complexity index is 174. The van der Waals surface area contributed by atoms with E-state index < -0.39 is 0 Å². The molecule has 0 spiro atoms. The first-order valence-electron chi connectivity index (χ1n) is 3.05. The molecule has 0 fully saturated rings. The molecular weight excluding hydrogens is 298 g/mol. The molecule has 0 aliphatic rings. The molecule has 0 bridgehead atoms. The second kappa shape index (κ2) is 3.32. The third-order valence-corrected chi connectivity index (χ3v) is 1.23. The monoisotopic (exact) mass is 310 g/mol. The fourth-order valence-electron chi connectivity index (χ4n) is 0.633. The maximum Gasteiger partial charge on any atom is 0.00224 e. The quantitative estimate of drug-likeness (QED) is 0.723. The molecular formula is C7H11N2Re-. The second-order valence-corrected chi connectivity index (χ2v) is 3.17. The van der Waals surface area contributed by atoms with Gasteiger partial charge in [0.05, 0.1) is 0 Å². The van der Waals surface area contributed by atoms with Crippen LogP contribution in [0.15, 0.2) is 12.3 Å². The molecule has 0 aliphatic heterocycles. The van der Waals surface area contributed by atoms with Gasteiger partial charge in [-0.1, -0.05) is 26.8 Å². The van der Waals surface area contributed by atoms with Crippen molar-refractivity contribution in [2.75, 3.05) is 0 Å². The van der Waals surface area contributed by atoms with Crippen LogP contribution in [0, 0.1) is 0 Å². The molecule has 1 aromatic rings.